The third kappa shape index (κ3) is 2.73. The van der Waals surface area contributed by atoms with Crippen molar-refractivity contribution < 1.29 is 4.39 Å². The van der Waals surface area contributed by atoms with Crippen molar-refractivity contribution in [2.45, 2.75) is 19.5 Å². The standard InChI is InChI=1S/C17H17FN2/c1-12(14-3-5-16(18)6-4-14)20-11-13-2-7-17-15(10-13)8-9-19-17/h2-10,12,19-20H,11H2,1H3/t12-/m0/s1. The molecule has 3 heteroatoms. The number of aromatic amines is 1. The van der Waals surface area contributed by atoms with Crippen LogP contribution in [0.15, 0.2) is 54.7 Å². The number of nitrogens with one attached hydrogen (secondary N) is 2. The van der Waals surface area contributed by atoms with Gasteiger partial charge in [-0.2, -0.15) is 0 Å². The van der Waals surface area contributed by atoms with Gasteiger partial charge in [0.1, 0.15) is 5.82 Å². The zero-order valence-corrected chi connectivity index (χ0v) is 11.4. The number of hydrogen-bond acceptors (Lipinski definition) is 1. The van der Waals surface area contributed by atoms with Crippen LogP contribution in [-0.4, -0.2) is 4.98 Å². The molecule has 0 saturated heterocycles. The molecule has 0 bridgehead atoms. The molecule has 0 spiro atoms. The van der Waals surface area contributed by atoms with Crippen LogP contribution in [0.4, 0.5) is 4.39 Å². The normalized spacial score (nSPS) is 12.7. The first-order chi connectivity index (χ1) is 9.72. The van der Waals surface area contributed by atoms with Crippen LogP contribution in [0.1, 0.15) is 24.1 Å². The van der Waals surface area contributed by atoms with Crippen molar-refractivity contribution in [2.75, 3.05) is 0 Å². The number of benzene rings is 2. The Morgan fingerprint density at radius 1 is 1.10 bits per heavy atom. The molecule has 0 aliphatic heterocycles. The molecule has 0 unspecified atom stereocenters. The summed E-state index contributed by atoms with van der Waals surface area (Å²) in [6.45, 7) is 2.88. The minimum absolute atomic E-state index is 0.192. The summed E-state index contributed by atoms with van der Waals surface area (Å²) in [5.41, 5.74) is 3.49. The average Bonchev–Trinajstić information content (AvgIpc) is 2.93. The van der Waals surface area contributed by atoms with Gasteiger partial charge in [0, 0.05) is 24.3 Å². The highest BCUT2D eigenvalue weighted by molar-refractivity contribution is 5.79. The monoisotopic (exact) mass is 268 g/mol. The van der Waals surface area contributed by atoms with E-state index in [0.29, 0.717) is 0 Å². The highest BCUT2D eigenvalue weighted by Gasteiger charge is 2.05. The van der Waals surface area contributed by atoms with Crippen molar-refractivity contribution in [3.05, 3.63) is 71.7 Å². The van der Waals surface area contributed by atoms with Crippen LogP contribution in [0.5, 0.6) is 0 Å². The molecule has 2 aromatic carbocycles. The molecule has 1 heterocycles. The zero-order chi connectivity index (χ0) is 13.9. The van der Waals surface area contributed by atoms with E-state index >= 15 is 0 Å². The fourth-order valence-electron chi connectivity index (χ4n) is 2.35. The van der Waals surface area contributed by atoms with Crippen molar-refractivity contribution >= 4 is 10.9 Å². The Hall–Kier alpha value is -2.13. The second-order valence-electron chi connectivity index (χ2n) is 5.05. The molecule has 2 nitrogen and oxygen atoms in total. The molecule has 20 heavy (non-hydrogen) atoms. The van der Waals surface area contributed by atoms with E-state index in [2.05, 4.69) is 41.5 Å². The Labute approximate surface area is 117 Å². The number of halogens is 1. The first-order valence-corrected chi connectivity index (χ1v) is 6.77. The lowest BCUT2D eigenvalue weighted by Gasteiger charge is -2.14. The summed E-state index contributed by atoms with van der Waals surface area (Å²) in [6.07, 6.45) is 1.95. The van der Waals surface area contributed by atoms with Crippen molar-refractivity contribution in [3.63, 3.8) is 0 Å². The van der Waals surface area contributed by atoms with Crippen molar-refractivity contribution in [1.82, 2.24) is 10.3 Å². The smallest absolute Gasteiger partial charge is 0.123 e. The predicted molar refractivity (Wildman–Crippen MR) is 80.0 cm³/mol. The van der Waals surface area contributed by atoms with Gasteiger partial charge in [-0.1, -0.05) is 18.2 Å². The maximum Gasteiger partial charge on any atom is 0.123 e. The third-order valence-corrected chi connectivity index (χ3v) is 3.60. The molecule has 0 aliphatic carbocycles. The van der Waals surface area contributed by atoms with Crippen LogP contribution >= 0.6 is 0 Å². The summed E-state index contributed by atoms with van der Waals surface area (Å²) in [4.78, 5) is 3.19. The Bertz CT molecular complexity index is 700. The summed E-state index contributed by atoms with van der Waals surface area (Å²) in [5, 5.41) is 4.68. The molecule has 0 aliphatic rings. The highest BCUT2D eigenvalue weighted by Crippen LogP contribution is 2.16. The number of H-pyrrole nitrogens is 1. The molecule has 0 saturated carbocycles. The van der Waals surface area contributed by atoms with E-state index in [1.807, 2.05) is 18.3 Å². The Morgan fingerprint density at radius 3 is 2.70 bits per heavy atom. The van der Waals surface area contributed by atoms with E-state index in [0.717, 1.165) is 17.6 Å². The summed E-state index contributed by atoms with van der Waals surface area (Å²) in [7, 11) is 0. The van der Waals surface area contributed by atoms with E-state index < -0.39 is 0 Å². The van der Waals surface area contributed by atoms with Crippen molar-refractivity contribution in [3.8, 4) is 0 Å². The van der Waals surface area contributed by atoms with Crippen LogP contribution in [0.3, 0.4) is 0 Å². The first-order valence-electron chi connectivity index (χ1n) is 6.77. The second kappa shape index (κ2) is 5.47. The average molecular weight is 268 g/mol. The van der Waals surface area contributed by atoms with Gasteiger partial charge in [0.25, 0.3) is 0 Å². The van der Waals surface area contributed by atoms with Crippen molar-refractivity contribution in [1.29, 1.82) is 0 Å². The molecule has 0 amide bonds. The topological polar surface area (TPSA) is 27.8 Å². The van der Waals surface area contributed by atoms with Gasteiger partial charge in [-0.05, 0) is 53.8 Å². The molecule has 1 aromatic heterocycles. The van der Waals surface area contributed by atoms with Gasteiger partial charge in [0.05, 0.1) is 0 Å². The third-order valence-electron chi connectivity index (χ3n) is 3.60. The van der Waals surface area contributed by atoms with Crippen molar-refractivity contribution in [2.24, 2.45) is 0 Å². The van der Waals surface area contributed by atoms with Crippen LogP contribution in [0.25, 0.3) is 10.9 Å². The van der Waals surface area contributed by atoms with E-state index in [-0.39, 0.29) is 11.9 Å². The number of fused-ring (bicyclic) bond motifs is 1. The Morgan fingerprint density at radius 2 is 1.90 bits per heavy atom. The first kappa shape index (κ1) is 12.9. The number of hydrogen-bond donors (Lipinski definition) is 2. The lowest BCUT2D eigenvalue weighted by molar-refractivity contribution is 0.571. The molecule has 0 fully saturated rings. The van der Waals surface area contributed by atoms with Crippen LogP contribution in [0, 0.1) is 5.82 Å². The lowest BCUT2D eigenvalue weighted by atomic mass is 10.1. The highest BCUT2D eigenvalue weighted by atomic mass is 19.1. The minimum Gasteiger partial charge on any atom is -0.361 e. The van der Waals surface area contributed by atoms with E-state index in [4.69, 9.17) is 0 Å². The fourth-order valence-corrected chi connectivity index (χ4v) is 2.35. The van der Waals surface area contributed by atoms with Gasteiger partial charge in [0.2, 0.25) is 0 Å². The summed E-state index contributed by atoms with van der Waals surface area (Å²) in [6, 6.07) is 15.3. The summed E-state index contributed by atoms with van der Waals surface area (Å²) < 4.78 is 12.9. The largest absolute Gasteiger partial charge is 0.361 e. The van der Waals surface area contributed by atoms with Gasteiger partial charge in [-0.3, -0.25) is 0 Å². The Balaban J connectivity index is 1.67. The Kier molecular flexibility index (Phi) is 3.52. The number of rotatable bonds is 4. The van der Waals surface area contributed by atoms with E-state index in [1.54, 1.807) is 0 Å². The van der Waals surface area contributed by atoms with Gasteiger partial charge in [-0.25, -0.2) is 4.39 Å². The van der Waals surface area contributed by atoms with Gasteiger partial charge in [0.15, 0.2) is 0 Å². The number of aromatic nitrogens is 1. The molecular formula is C17H17FN2. The molecule has 3 rings (SSSR count). The van der Waals surface area contributed by atoms with E-state index in [9.17, 15) is 4.39 Å². The SMILES string of the molecule is C[C@H](NCc1ccc2[nH]ccc2c1)c1ccc(F)cc1. The molecule has 1 atom stereocenters. The molecule has 3 aromatic rings. The minimum atomic E-state index is -0.196. The second-order valence-corrected chi connectivity index (χ2v) is 5.05. The lowest BCUT2D eigenvalue weighted by Crippen LogP contribution is -2.18. The molecular weight excluding hydrogens is 251 g/mol. The summed E-state index contributed by atoms with van der Waals surface area (Å²) in [5.74, 6) is -0.196. The van der Waals surface area contributed by atoms with Gasteiger partial charge >= 0.3 is 0 Å². The molecule has 0 radical (unpaired) electrons. The fraction of sp³-hybridized carbons (Fsp3) is 0.176. The van der Waals surface area contributed by atoms with Crippen LogP contribution in [-0.2, 0) is 6.54 Å². The van der Waals surface area contributed by atoms with Crippen LogP contribution in [0.2, 0.25) is 0 Å². The predicted octanol–water partition coefficient (Wildman–Crippen LogP) is 4.16. The molecule has 102 valence electrons. The molecule has 2 N–H and O–H groups in total. The zero-order valence-electron chi connectivity index (χ0n) is 11.4. The van der Waals surface area contributed by atoms with Crippen LogP contribution < -0.4 is 5.32 Å². The van der Waals surface area contributed by atoms with Gasteiger partial charge < -0.3 is 10.3 Å². The maximum atomic E-state index is 12.9. The van der Waals surface area contributed by atoms with Gasteiger partial charge in [-0.15, -0.1) is 0 Å². The summed E-state index contributed by atoms with van der Waals surface area (Å²) >= 11 is 0. The quantitative estimate of drug-likeness (QED) is 0.730. The maximum absolute atomic E-state index is 12.9. The van der Waals surface area contributed by atoms with E-state index in [1.165, 1.54) is 23.1 Å².